The molecule has 0 saturated carbocycles. The van der Waals surface area contributed by atoms with Gasteiger partial charge in [-0.15, -0.1) is 0 Å². The lowest BCUT2D eigenvalue weighted by atomic mass is 10.1. The first kappa shape index (κ1) is 20.8. The first-order valence-corrected chi connectivity index (χ1v) is 11.8. The Morgan fingerprint density at radius 2 is 2.03 bits per heavy atom. The second-order valence-electron chi connectivity index (χ2n) is 7.77. The van der Waals surface area contributed by atoms with Crippen LogP contribution in [-0.4, -0.2) is 54.0 Å². The minimum absolute atomic E-state index is 0.0199. The van der Waals surface area contributed by atoms with Crippen LogP contribution >= 0.6 is 0 Å². The van der Waals surface area contributed by atoms with Gasteiger partial charge in [-0.2, -0.15) is 0 Å². The van der Waals surface area contributed by atoms with Crippen LogP contribution in [0.5, 0.6) is 0 Å². The van der Waals surface area contributed by atoms with Gasteiger partial charge in [0.05, 0.1) is 31.1 Å². The number of benzene rings is 1. The number of imidazole rings is 1. The van der Waals surface area contributed by atoms with E-state index >= 15 is 0 Å². The fraction of sp³-hybridized carbons (Fsp3) is 0.429. The van der Waals surface area contributed by atoms with Crippen molar-refractivity contribution >= 4 is 9.84 Å². The normalized spacial score (nSPS) is 17.1. The number of hydrogen-bond acceptors (Lipinski definition) is 7. The molecule has 1 aliphatic rings. The summed E-state index contributed by atoms with van der Waals surface area (Å²) >= 11 is 0. The molecule has 0 unspecified atom stereocenters. The lowest BCUT2D eigenvalue weighted by molar-refractivity contribution is 0.0933. The Hall–Kier alpha value is -2.49. The second-order valence-corrected chi connectivity index (χ2v) is 9.68. The Bertz CT molecular complexity index is 1090. The molecule has 1 saturated heterocycles. The average molecular weight is 431 g/mol. The summed E-state index contributed by atoms with van der Waals surface area (Å²) in [6.07, 6.45) is 4.77. The molecule has 160 valence electrons. The van der Waals surface area contributed by atoms with E-state index in [-0.39, 0.29) is 11.3 Å². The molecular formula is C21H26N4O4S. The quantitative estimate of drug-likeness (QED) is 0.543. The van der Waals surface area contributed by atoms with Gasteiger partial charge >= 0.3 is 0 Å². The van der Waals surface area contributed by atoms with Gasteiger partial charge in [-0.3, -0.25) is 4.90 Å². The number of hydrogen-bond donors (Lipinski definition) is 0. The van der Waals surface area contributed by atoms with E-state index in [2.05, 4.69) is 10.1 Å². The van der Waals surface area contributed by atoms with E-state index in [1.165, 1.54) is 6.26 Å². The minimum atomic E-state index is -3.43. The van der Waals surface area contributed by atoms with E-state index < -0.39 is 9.84 Å². The number of sulfone groups is 1. The first-order valence-electron chi connectivity index (χ1n) is 9.96. The molecule has 0 radical (unpaired) electrons. The second kappa shape index (κ2) is 8.71. The van der Waals surface area contributed by atoms with Crippen LogP contribution in [0.1, 0.15) is 24.3 Å². The van der Waals surface area contributed by atoms with Gasteiger partial charge in [0.2, 0.25) is 15.0 Å². The SMILES string of the molecule is CN(Cc1cc(-c2ccccc2)no1)Cc1cnc(S(C)(=O)=O)n1C[C@H]1CCCO1. The molecule has 1 aliphatic heterocycles. The van der Waals surface area contributed by atoms with Crippen molar-refractivity contribution in [3.63, 3.8) is 0 Å². The van der Waals surface area contributed by atoms with Gasteiger partial charge in [-0.25, -0.2) is 13.4 Å². The van der Waals surface area contributed by atoms with E-state index in [0.29, 0.717) is 19.6 Å². The van der Waals surface area contributed by atoms with Crippen molar-refractivity contribution in [2.45, 2.75) is 43.7 Å². The van der Waals surface area contributed by atoms with Crippen molar-refractivity contribution in [2.75, 3.05) is 19.9 Å². The van der Waals surface area contributed by atoms with Crippen molar-refractivity contribution in [1.29, 1.82) is 0 Å². The highest BCUT2D eigenvalue weighted by molar-refractivity contribution is 7.90. The lowest BCUT2D eigenvalue weighted by Gasteiger charge is -2.19. The van der Waals surface area contributed by atoms with E-state index in [9.17, 15) is 8.42 Å². The molecule has 4 rings (SSSR count). The number of aromatic nitrogens is 3. The van der Waals surface area contributed by atoms with E-state index in [1.54, 1.807) is 10.8 Å². The fourth-order valence-electron chi connectivity index (χ4n) is 3.73. The minimum Gasteiger partial charge on any atom is -0.376 e. The van der Waals surface area contributed by atoms with E-state index in [1.807, 2.05) is 48.3 Å². The third kappa shape index (κ3) is 4.80. The smallest absolute Gasteiger partial charge is 0.227 e. The highest BCUT2D eigenvalue weighted by Crippen LogP contribution is 2.22. The van der Waals surface area contributed by atoms with Crippen LogP contribution in [0.3, 0.4) is 0 Å². The molecule has 0 bridgehead atoms. The summed E-state index contributed by atoms with van der Waals surface area (Å²) < 4.78 is 37.4. The number of rotatable bonds is 8. The molecule has 9 heteroatoms. The first-order chi connectivity index (χ1) is 14.4. The van der Waals surface area contributed by atoms with Crippen LogP contribution in [0, 0.1) is 0 Å². The Morgan fingerprint density at radius 3 is 2.73 bits per heavy atom. The number of ether oxygens (including phenoxy) is 1. The predicted molar refractivity (Wildman–Crippen MR) is 111 cm³/mol. The van der Waals surface area contributed by atoms with Gasteiger partial charge < -0.3 is 13.8 Å². The third-order valence-corrected chi connectivity index (χ3v) is 6.12. The van der Waals surface area contributed by atoms with Gasteiger partial charge in [-0.05, 0) is 19.9 Å². The van der Waals surface area contributed by atoms with Gasteiger partial charge in [0, 0.05) is 31.0 Å². The standard InChI is InChI=1S/C21H26N4O4S/c1-24(14-19-11-20(23-29-19)16-7-4-3-5-8-16)13-17-12-22-21(30(2,26)27)25(17)15-18-9-6-10-28-18/h3-5,7-8,11-12,18H,6,9-10,13-15H2,1-2H3/t18-/m1/s1. The van der Waals surface area contributed by atoms with Gasteiger partial charge in [0.1, 0.15) is 5.69 Å². The molecule has 30 heavy (non-hydrogen) atoms. The molecule has 1 aromatic carbocycles. The zero-order chi connectivity index (χ0) is 21.1. The fourth-order valence-corrected chi connectivity index (χ4v) is 4.57. The monoisotopic (exact) mass is 430 g/mol. The zero-order valence-electron chi connectivity index (χ0n) is 17.2. The molecule has 1 fully saturated rings. The van der Waals surface area contributed by atoms with Crippen LogP contribution < -0.4 is 0 Å². The van der Waals surface area contributed by atoms with Crippen molar-refractivity contribution in [2.24, 2.45) is 0 Å². The topological polar surface area (TPSA) is 90.5 Å². The van der Waals surface area contributed by atoms with Gasteiger partial charge in [0.15, 0.2) is 5.76 Å². The van der Waals surface area contributed by atoms with Crippen molar-refractivity contribution in [3.8, 4) is 11.3 Å². The van der Waals surface area contributed by atoms with Gasteiger partial charge in [-0.1, -0.05) is 35.5 Å². The maximum atomic E-state index is 12.2. The highest BCUT2D eigenvalue weighted by Gasteiger charge is 2.24. The predicted octanol–water partition coefficient (Wildman–Crippen LogP) is 2.75. The van der Waals surface area contributed by atoms with Crippen LogP contribution in [0.25, 0.3) is 11.3 Å². The molecule has 2 aromatic heterocycles. The van der Waals surface area contributed by atoms with E-state index in [0.717, 1.165) is 42.2 Å². The molecule has 0 aliphatic carbocycles. The van der Waals surface area contributed by atoms with E-state index in [4.69, 9.17) is 9.26 Å². The summed E-state index contributed by atoms with van der Waals surface area (Å²) in [6, 6.07) is 11.8. The lowest BCUT2D eigenvalue weighted by Crippen LogP contribution is -2.24. The summed E-state index contributed by atoms with van der Waals surface area (Å²) in [6.45, 7) is 2.28. The summed E-state index contributed by atoms with van der Waals surface area (Å²) in [5, 5.41) is 4.24. The Labute approximate surface area is 176 Å². The Balaban J connectivity index is 1.48. The average Bonchev–Trinajstić information content (AvgIpc) is 3.45. The molecule has 8 nitrogen and oxygen atoms in total. The summed E-state index contributed by atoms with van der Waals surface area (Å²) in [5.74, 6) is 0.741. The summed E-state index contributed by atoms with van der Waals surface area (Å²) in [5.41, 5.74) is 2.63. The maximum absolute atomic E-state index is 12.2. The van der Waals surface area contributed by atoms with Crippen LogP contribution in [0.4, 0.5) is 0 Å². The third-order valence-electron chi connectivity index (χ3n) is 5.13. The van der Waals surface area contributed by atoms with Gasteiger partial charge in [0.25, 0.3) is 0 Å². The number of nitrogens with zero attached hydrogens (tertiary/aromatic N) is 4. The largest absolute Gasteiger partial charge is 0.376 e. The van der Waals surface area contributed by atoms with Crippen molar-refractivity contribution < 1.29 is 17.7 Å². The maximum Gasteiger partial charge on any atom is 0.227 e. The zero-order valence-corrected chi connectivity index (χ0v) is 18.0. The molecule has 0 N–H and O–H groups in total. The van der Waals surface area contributed by atoms with Crippen LogP contribution in [0.2, 0.25) is 0 Å². The van der Waals surface area contributed by atoms with Crippen molar-refractivity contribution in [1.82, 2.24) is 19.6 Å². The highest BCUT2D eigenvalue weighted by atomic mass is 32.2. The Kier molecular flexibility index (Phi) is 6.03. The summed E-state index contributed by atoms with van der Waals surface area (Å²) in [4.78, 5) is 6.24. The summed E-state index contributed by atoms with van der Waals surface area (Å²) in [7, 11) is -1.47. The Morgan fingerprint density at radius 1 is 1.23 bits per heavy atom. The molecule has 3 heterocycles. The molecular weight excluding hydrogens is 404 g/mol. The van der Waals surface area contributed by atoms with Crippen LogP contribution in [0.15, 0.2) is 52.3 Å². The van der Waals surface area contributed by atoms with Crippen LogP contribution in [-0.2, 0) is 34.2 Å². The van der Waals surface area contributed by atoms with Crippen molar-refractivity contribution in [3.05, 3.63) is 54.0 Å². The molecule has 0 amide bonds. The molecule has 0 spiro atoms. The molecule has 1 atom stereocenters. The molecule has 3 aromatic rings.